The third-order valence-corrected chi connectivity index (χ3v) is 4.46. The summed E-state index contributed by atoms with van der Waals surface area (Å²) in [7, 11) is 2.19. The van der Waals surface area contributed by atoms with Crippen LogP contribution in [0.1, 0.15) is 0 Å². The Morgan fingerprint density at radius 3 is 2.68 bits per heavy atom. The lowest BCUT2D eigenvalue weighted by Crippen LogP contribution is -2.44. The Labute approximate surface area is 130 Å². The number of anilines is 1. The Morgan fingerprint density at radius 1 is 1.05 bits per heavy atom. The molecule has 1 saturated heterocycles. The number of nitrogens with zero attached hydrogens (tertiary/aromatic N) is 3. The van der Waals surface area contributed by atoms with Crippen molar-refractivity contribution in [3.05, 3.63) is 48.8 Å². The first-order valence-corrected chi connectivity index (χ1v) is 7.77. The van der Waals surface area contributed by atoms with Crippen molar-refractivity contribution in [2.75, 3.05) is 38.1 Å². The molecule has 4 nitrogen and oxygen atoms in total. The molecule has 1 aliphatic rings. The van der Waals surface area contributed by atoms with Crippen molar-refractivity contribution in [3.8, 4) is 11.3 Å². The van der Waals surface area contributed by atoms with Crippen molar-refractivity contribution in [3.63, 3.8) is 0 Å². The SMILES string of the molecule is CN1CCN(c2cccc3[nH]c(-c4cccnc4)cc23)CC1. The summed E-state index contributed by atoms with van der Waals surface area (Å²) in [6.07, 6.45) is 3.71. The molecule has 4 heteroatoms. The summed E-state index contributed by atoms with van der Waals surface area (Å²) in [5, 5.41) is 1.30. The molecule has 0 spiro atoms. The molecule has 0 atom stereocenters. The molecule has 0 aliphatic carbocycles. The van der Waals surface area contributed by atoms with Crippen molar-refractivity contribution in [2.24, 2.45) is 0 Å². The lowest BCUT2D eigenvalue weighted by molar-refractivity contribution is 0.313. The smallest absolute Gasteiger partial charge is 0.0481 e. The summed E-state index contributed by atoms with van der Waals surface area (Å²) in [5.74, 6) is 0. The largest absolute Gasteiger partial charge is 0.368 e. The summed E-state index contributed by atoms with van der Waals surface area (Å²) in [6, 6.07) is 12.8. The van der Waals surface area contributed by atoms with Crippen LogP contribution in [0.15, 0.2) is 48.8 Å². The first-order valence-electron chi connectivity index (χ1n) is 7.77. The van der Waals surface area contributed by atoms with Gasteiger partial charge in [-0.3, -0.25) is 4.98 Å². The number of pyridine rings is 1. The van der Waals surface area contributed by atoms with Gasteiger partial charge >= 0.3 is 0 Å². The van der Waals surface area contributed by atoms with Crippen LogP contribution in [0.25, 0.3) is 22.2 Å². The third-order valence-electron chi connectivity index (χ3n) is 4.46. The van der Waals surface area contributed by atoms with E-state index < -0.39 is 0 Å². The fourth-order valence-electron chi connectivity index (χ4n) is 3.14. The monoisotopic (exact) mass is 292 g/mol. The second kappa shape index (κ2) is 5.46. The molecule has 3 aromatic rings. The van der Waals surface area contributed by atoms with Gasteiger partial charge in [0.25, 0.3) is 0 Å². The minimum absolute atomic E-state index is 1.09. The molecule has 2 aromatic heterocycles. The van der Waals surface area contributed by atoms with E-state index in [1.807, 2.05) is 18.5 Å². The lowest BCUT2D eigenvalue weighted by atomic mass is 10.1. The van der Waals surface area contributed by atoms with Crippen LogP contribution in [0.5, 0.6) is 0 Å². The molecule has 1 aromatic carbocycles. The van der Waals surface area contributed by atoms with Crippen LogP contribution in [0.2, 0.25) is 0 Å². The van der Waals surface area contributed by atoms with E-state index in [0.29, 0.717) is 0 Å². The Hall–Kier alpha value is -2.33. The molecule has 1 N–H and O–H groups in total. The maximum absolute atomic E-state index is 4.22. The maximum atomic E-state index is 4.22. The zero-order chi connectivity index (χ0) is 14.9. The van der Waals surface area contributed by atoms with Crippen LogP contribution >= 0.6 is 0 Å². The topological polar surface area (TPSA) is 35.2 Å². The van der Waals surface area contributed by atoms with Crippen molar-refractivity contribution >= 4 is 16.6 Å². The first kappa shape index (κ1) is 13.3. The summed E-state index contributed by atoms with van der Waals surface area (Å²) in [4.78, 5) is 12.6. The predicted molar refractivity (Wildman–Crippen MR) is 91.2 cm³/mol. The Balaban J connectivity index is 1.75. The van der Waals surface area contributed by atoms with Crippen molar-refractivity contribution in [2.45, 2.75) is 0 Å². The molecule has 0 radical (unpaired) electrons. The Morgan fingerprint density at radius 2 is 1.91 bits per heavy atom. The predicted octanol–water partition coefficient (Wildman–Crippen LogP) is 2.98. The number of fused-ring (bicyclic) bond motifs is 1. The van der Waals surface area contributed by atoms with E-state index in [2.05, 4.69) is 57.1 Å². The number of H-pyrrole nitrogens is 1. The molecule has 1 aliphatic heterocycles. The molecule has 0 unspecified atom stereocenters. The standard InChI is InChI=1S/C18H20N4/c1-21-8-10-22(11-9-21)18-6-2-5-16-15(18)12-17(20-16)14-4-3-7-19-13-14/h2-7,12-13,20H,8-11H2,1H3. The van der Waals surface area contributed by atoms with Gasteiger partial charge in [-0.25, -0.2) is 0 Å². The summed E-state index contributed by atoms with van der Waals surface area (Å²) in [5.41, 5.74) is 4.78. The second-order valence-electron chi connectivity index (χ2n) is 5.95. The van der Waals surface area contributed by atoms with E-state index in [-0.39, 0.29) is 0 Å². The van der Waals surface area contributed by atoms with Crippen LogP contribution in [-0.2, 0) is 0 Å². The highest BCUT2D eigenvalue weighted by Gasteiger charge is 2.17. The number of rotatable bonds is 2. The normalized spacial score (nSPS) is 16.3. The molecule has 1 fully saturated rings. The van der Waals surface area contributed by atoms with Gasteiger partial charge in [-0.15, -0.1) is 0 Å². The minimum Gasteiger partial charge on any atom is -0.368 e. The van der Waals surface area contributed by atoms with Crippen LogP contribution < -0.4 is 4.90 Å². The molecular formula is C18H20N4. The number of benzene rings is 1. The number of aromatic nitrogens is 2. The number of likely N-dealkylation sites (N-methyl/N-ethyl adjacent to an activating group) is 1. The van der Waals surface area contributed by atoms with Gasteiger partial charge < -0.3 is 14.8 Å². The van der Waals surface area contributed by atoms with E-state index in [9.17, 15) is 0 Å². The lowest BCUT2D eigenvalue weighted by Gasteiger charge is -2.34. The molecule has 0 amide bonds. The first-order chi connectivity index (χ1) is 10.8. The van der Waals surface area contributed by atoms with Gasteiger partial charge in [-0.05, 0) is 37.4 Å². The van der Waals surface area contributed by atoms with Crippen LogP contribution in [0, 0.1) is 0 Å². The van der Waals surface area contributed by atoms with E-state index >= 15 is 0 Å². The molecular weight excluding hydrogens is 272 g/mol. The van der Waals surface area contributed by atoms with Gasteiger partial charge in [0.05, 0.1) is 0 Å². The highest BCUT2D eigenvalue weighted by molar-refractivity contribution is 5.96. The van der Waals surface area contributed by atoms with Crippen molar-refractivity contribution in [1.29, 1.82) is 0 Å². The average molecular weight is 292 g/mol. The molecule has 4 rings (SSSR count). The van der Waals surface area contributed by atoms with Crippen molar-refractivity contribution < 1.29 is 0 Å². The van der Waals surface area contributed by atoms with Crippen LogP contribution in [-0.4, -0.2) is 48.1 Å². The van der Waals surface area contributed by atoms with Gasteiger partial charge in [0.1, 0.15) is 0 Å². The zero-order valence-corrected chi connectivity index (χ0v) is 12.8. The minimum atomic E-state index is 1.09. The second-order valence-corrected chi connectivity index (χ2v) is 5.95. The molecule has 3 heterocycles. The van der Waals surface area contributed by atoms with E-state index in [0.717, 1.165) is 37.4 Å². The van der Waals surface area contributed by atoms with Crippen LogP contribution in [0.4, 0.5) is 5.69 Å². The van der Waals surface area contributed by atoms with Gasteiger partial charge in [0.15, 0.2) is 0 Å². The highest BCUT2D eigenvalue weighted by Crippen LogP contribution is 2.31. The summed E-state index contributed by atoms with van der Waals surface area (Å²) < 4.78 is 0. The quantitative estimate of drug-likeness (QED) is 0.788. The van der Waals surface area contributed by atoms with E-state index in [1.165, 1.54) is 16.6 Å². The molecule has 22 heavy (non-hydrogen) atoms. The summed E-state index contributed by atoms with van der Waals surface area (Å²) in [6.45, 7) is 4.42. The molecule has 112 valence electrons. The average Bonchev–Trinajstić information content (AvgIpc) is 3.01. The van der Waals surface area contributed by atoms with E-state index in [1.54, 1.807) is 0 Å². The number of aromatic amines is 1. The fraction of sp³-hybridized carbons (Fsp3) is 0.278. The van der Waals surface area contributed by atoms with Crippen LogP contribution in [0.3, 0.4) is 0 Å². The van der Waals surface area contributed by atoms with Gasteiger partial charge in [-0.2, -0.15) is 0 Å². The summed E-state index contributed by atoms with van der Waals surface area (Å²) >= 11 is 0. The third kappa shape index (κ3) is 2.35. The molecule has 0 bridgehead atoms. The molecule has 0 saturated carbocycles. The van der Waals surface area contributed by atoms with E-state index in [4.69, 9.17) is 0 Å². The number of piperazine rings is 1. The van der Waals surface area contributed by atoms with Gasteiger partial charge in [0, 0.05) is 66.4 Å². The number of hydrogen-bond donors (Lipinski definition) is 1. The van der Waals surface area contributed by atoms with Gasteiger partial charge in [0.2, 0.25) is 0 Å². The number of hydrogen-bond acceptors (Lipinski definition) is 3. The zero-order valence-electron chi connectivity index (χ0n) is 12.8. The fourth-order valence-corrected chi connectivity index (χ4v) is 3.14. The van der Waals surface area contributed by atoms with Gasteiger partial charge in [-0.1, -0.05) is 6.07 Å². The Kier molecular flexibility index (Phi) is 3.31. The van der Waals surface area contributed by atoms with Crippen molar-refractivity contribution in [1.82, 2.24) is 14.9 Å². The Bertz CT molecular complexity index is 770. The number of nitrogens with one attached hydrogen (secondary N) is 1. The maximum Gasteiger partial charge on any atom is 0.0481 e. The highest BCUT2D eigenvalue weighted by atomic mass is 15.2.